The molecule has 0 amide bonds. The average Bonchev–Trinajstić information content (AvgIpc) is 2.93. The van der Waals surface area contributed by atoms with Crippen molar-refractivity contribution in [1.82, 2.24) is 0 Å². The van der Waals surface area contributed by atoms with Crippen molar-refractivity contribution in [3.05, 3.63) is 0 Å². The zero-order chi connectivity index (χ0) is 14.5. The van der Waals surface area contributed by atoms with Crippen LogP contribution in [0.5, 0.6) is 0 Å². The molecular weight excluding hydrogens is 252 g/mol. The summed E-state index contributed by atoms with van der Waals surface area (Å²) < 4.78 is 11.0. The molecule has 3 nitrogen and oxygen atoms in total. The Kier molecular flexibility index (Phi) is 11.3. The number of aliphatic hydroxyl groups is 1. The van der Waals surface area contributed by atoms with E-state index < -0.39 is 0 Å². The second-order valence-corrected chi connectivity index (χ2v) is 6.03. The Morgan fingerprint density at radius 1 is 0.850 bits per heavy atom. The van der Waals surface area contributed by atoms with Crippen molar-refractivity contribution in [3.63, 3.8) is 0 Å². The fourth-order valence-corrected chi connectivity index (χ4v) is 2.73. The molecule has 0 aromatic rings. The molecule has 0 radical (unpaired) electrons. The largest absolute Gasteiger partial charge is 0.394 e. The minimum atomic E-state index is -0.0901. The molecule has 20 heavy (non-hydrogen) atoms. The summed E-state index contributed by atoms with van der Waals surface area (Å²) in [4.78, 5) is 0. The van der Waals surface area contributed by atoms with Gasteiger partial charge in [-0.1, -0.05) is 71.1 Å². The molecule has 0 aromatic heterocycles. The quantitative estimate of drug-likeness (QED) is 0.509. The molecular formula is C17H34O3. The van der Waals surface area contributed by atoms with E-state index in [1.54, 1.807) is 0 Å². The lowest BCUT2D eigenvalue weighted by Gasteiger charge is -2.09. The maximum Gasteiger partial charge on any atom is 0.158 e. The van der Waals surface area contributed by atoms with E-state index in [-0.39, 0.29) is 19.0 Å². The molecule has 0 aromatic carbocycles. The van der Waals surface area contributed by atoms with Crippen LogP contribution in [0.1, 0.15) is 84.0 Å². The Bertz CT molecular complexity index is 208. The molecule has 1 fully saturated rings. The van der Waals surface area contributed by atoms with Gasteiger partial charge in [-0.2, -0.15) is 0 Å². The number of hydrogen-bond donors (Lipinski definition) is 1. The van der Waals surface area contributed by atoms with E-state index >= 15 is 0 Å². The second-order valence-electron chi connectivity index (χ2n) is 6.03. The second kappa shape index (κ2) is 12.6. The van der Waals surface area contributed by atoms with Crippen molar-refractivity contribution in [3.8, 4) is 0 Å². The molecule has 1 aliphatic rings. The third-order valence-corrected chi connectivity index (χ3v) is 4.06. The van der Waals surface area contributed by atoms with Crippen LogP contribution in [0.3, 0.4) is 0 Å². The molecule has 1 saturated heterocycles. The van der Waals surface area contributed by atoms with Crippen molar-refractivity contribution in [2.45, 2.75) is 96.4 Å². The van der Waals surface area contributed by atoms with Gasteiger partial charge in [-0.25, -0.2) is 0 Å². The predicted octanol–water partition coefficient (Wildman–Crippen LogP) is 4.42. The van der Waals surface area contributed by atoms with Crippen LogP contribution in [-0.2, 0) is 9.47 Å². The lowest BCUT2D eigenvalue weighted by atomic mass is 10.1. The monoisotopic (exact) mass is 286 g/mol. The van der Waals surface area contributed by atoms with Gasteiger partial charge in [0.1, 0.15) is 6.10 Å². The van der Waals surface area contributed by atoms with Gasteiger partial charge in [0.15, 0.2) is 6.29 Å². The van der Waals surface area contributed by atoms with Crippen LogP contribution in [0.4, 0.5) is 0 Å². The van der Waals surface area contributed by atoms with Gasteiger partial charge in [-0.15, -0.1) is 0 Å². The smallest absolute Gasteiger partial charge is 0.158 e. The summed E-state index contributed by atoms with van der Waals surface area (Å²) >= 11 is 0. The first-order chi connectivity index (χ1) is 9.86. The predicted molar refractivity (Wildman–Crippen MR) is 82.8 cm³/mol. The first-order valence-corrected chi connectivity index (χ1v) is 8.74. The van der Waals surface area contributed by atoms with Gasteiger partial charge in [-0.3, -0.25) is 0 Å². The molecule has 1 heterocycles. The molecule has 0 aliphatic carbocycles. The van der Waals surface area contributed by atoms with Crippen LogP contribution in [0.2, 0.25) is 0 Å². The SMILES string of the molecule is CCCCCCCCCCCCC[C@H]1OC[C@H](CO)O1. The lowest BCUT2D eigenvalue weighted by Crippen LogP contribution is -2.16. The van der Waals surface area contributed by atoms with Crippen LogP contribution in [0.15, 0.2) is 0 Å². The molecule has 2 atom stereocenters. The summed E-state index contributed by atoms with van der Waals surface area (Å²) in [6, 6.07) is 0. The Labute approximate surface area is 125 Å². The van der Waals surface area contributed by atoms with Crippen LogP contribution in [-0.4, -0.2) is 30.7 Å². The maximum absolute atomic E-state index is 8.94. The van der Waals surface area contributed by atoms with Gasteiger partial charge in [-0.05, 0) is 12.8 Å². The number of hydrogen-bond acceptors (Lipinski definition) is 3. The standard InChI is InChI=1S/C17H34O3/c1-2-3-4-5-6-7-8-9-10-11-12-13-17-19-15-16(14-18)20-17/h16-18H,2-15H2,1H3/t16-,17-/m0/s1. The van der Waals surface area contributed by atoms with Crippen molar-refractivity contribution >= 4 is 0 Å². The fourth-order valence-electron chi connectivity index (χ4n) is 2.73. The Morgan fingerprint density at radius 2 is 1.40 bits per heavy atom. The van der Waals surface area contributed by atoms with Crippen LogP contribution in [0, 0.1) is 0 Å². The molecule has 1 rings (SSSR count). The van der Waals surface area contributed by atoms with E-state index in [2.05, 4.69) is 6.92 Å². The zero-order valence-electron chi connectivity index (χ0n) is 13.3. The highest BCUT2D eigenvalue weighted by Crippen LogP contribution is 2.18. The Balaban J connectivity index is 1.75. The van der Waals surface area contributed by atoms with Crippen molar-refractivity contribution < 1.29 is 14.6 Å². The summed E-state index contributed by atoms with van der Waals surface area (Å²) in [5.41, 5.74) is 0. The van der Waals surface area contributed by atoms with Gasteiger partial charge >= 0.3 is 0 Å². The molecule has 0 spiro atoms. The summed E-state index contributed by atoms with van der Waals surface area (Å²) in [5, 5.41) is 8.94. The normalized spacial score (nSPS) is 22.5. The van der Waals surface area contributed by atoms with Gasteiger partial charge in [0.2, 0.25) is 0 Å². The van der Waals surface area contributed by atoms with Crippen molar-refractivity contribution in [2.24, 2.45) is 0 Å². The number of aliphatic hydroxyl groups excluding tert-OH is 1. The van der Waals surface area contributed by atoms with Crippen LogP contribution >= 0.6 is 0 Å². The van der Waals surface area contributed by atoms with Crippen molar-refractivity contribution in [1.29, 1.82) is 0 Å². The molecule has 1 aliphatic heterocycles. The van der Waals surface area contributed by atoms with E-state index in [1.165, 1.54) is 70.6 Å². The highest BCUT2D eigenvalue weighted by atomic mass is 16.7. The minimum Gasteiger partial charge on any atom is -0.394 e. The third-order valence-electron chi connectivity index (χ3n) is 4.06. The highest BCUT2D eigenvalue weighted by Gasteiger charge is 2.24. The number of unbranched alkanes of at least 4 members (excludes halogenated alkanes) is 10. The molecule has 0 saturated carbocycles. The molecule has 120 valence electrons. The summed E-state index contributed by atoms with van der Waals surface area (Å²) in [7, 11) is 0. The van der Waals surface area contributed by atoms with E-state index in [1.807, 2.05) is 0 Å². The van der Waals surface area contributed by atoms with Crippen LogP contribution < -0.4 is 0 Å². The first kappa shape index (κ1) is 17.9. The van der Waals surface area contributed by atoms with Gasteiger partial charge < -0.3 is 14.6 Å². The van der Waals surface area contributed by atoms with E-state index in [0.29, 0.717) is 6.61 Å². The van der Waals surface area contributed by atoms with E-state index in [4.69, 9.17) is 14.6 Å². The third kappa shape index (κ3) is 8.93. The molecule has 0 bridgehead atoms. The Morgan fingerprint density at radius 3 is 1.90 bits per heavy atom. The number of ether oxygens (including phenoxy) is 2. The molecule has 3 heteroatoms. The minimum absolute atomic E-state index is 0.0642. The van der Waals surface area contributed by atoms with Crippen LogP contribution in [0.25, 0.3) is 0 Å². The van der Waals surface area contributed by atoms with Gasteiger partial charge in [0.05, 0.1) is 13.2 Å². The van der Waals surface area contributed by atoms with Crippen molar-refractivity contribution in [2.75, 3.05) is 13.2 Å². The van der Waals surface area contributed by atoms with Gasteiger partial charge in [0, 0.05) is 0 Å². The number of rotatable bonds is 13. The topological polar surface area (TPSA) is 38.7 Å². The highest BCUT2D eigenvalue weighted by molar-refractivity contribution is 4.63. The molecule has 1 N–H and O–H groups in total. The fraction of sp³-hybridized carbons (Fsp3) is 1.00. The summed E-state index contributed by atoms with van der Waals surface area (Å²) in [6.07, 6.45) is 15.8. The van der Waals surface area contributed by atoms with E-state index in [9.17, 15) is 0 Å². The lowest BCUT2D eigenvalue weighted by molar-refractivity contribution is -0.0701. The average molecular weight is 286 g/mol. The summed E-state index contributed by atoms with van der Waals surface area (Å²) in [6.45, 7) is 2.90. The zero-order valence-corrected chi connectivity index (χ0v) is 13.3. The van der Waals surface area contributed by atoms with E-state index in [0.717, 1.165) is 6.42 Å². The molecule has 0 unspecified atom stereocenters. The Hall–Kier alpha value is -0.120. The maximum atomic E-state index is 8.94. The van der Waals surface area contributed by atoms with Gasteiger partial charge in [0.25, 0.3) is 0 Å². The first-order valence-electron chi connectivity index (χ1n) is 8.74. The summed E-state index contributed by atoms with van der Waals surface area (Å²) in [5.74, 6) is 0.